The maximum atomic E-state index is 12.0. The average molecular weight is 548 g/mol. The molecule has 0 aliphatic rings. The van der Waals surface area contributed by atoms with E-state index in [0.717, 1.165) is 12.8 Å². The van der Waals surface area contributed by atoms with Gasteiger partial charge in [0.15, 0.2) is 0 Å². The number of hydrogen-bond acceptors (Lipinski definition) is 6. The molecule has 0 amide bonds. The quantitative estimate of drug-likeness (QED) is 0.0586. The van der Waals surface area contributed by atoms with Gasteiger partial charge in [0.25, 0.3) is 7.82 Å². The molecule has 0 aromatic carbocycles. The van der Waals surface area contributed by atoms with Gasteiger partial charge in [-0.3, -0.25) is 14.2 Å². The van der Waals surface area contributed by atoms with E-state index in [1.165, 1.54) is 89.9 Å². The summed E-state index contributed by atoms with van der Waals surface area (Å²) in [6.07, 6.45) is 21.7. The Bertz CT molecular complexity index is 620. The summed E-state index contributed by atoms with van der Waals surface area (Å²) in [4.78, 5) is 35.7. The molecule has 0 aliphatic carbocycles. The van der Waals surface area contributed by atoms with E-state index in [4.69, 9.17) is 9.05 Å². The van der Waals surface area contributed by atoms with Gasteiger partial charge in [-0.1, -0.05) is 103 Å². The molecule has 220 valence electrons. The normalized spacial score (nSPS) is 13.5. The zero-order chi connectivity index (χ0) is 27.8. The SMILES string of the molecule is CCCCCCCCCCCCCCCCCCC(=O)CCC(=O)CCOP(=O)([O-])OCC[N+](C)(C)C. The van der Waals surface area contributed by atoms with Crippen LogP contribution in [0.25, 0.3) is 0 Å². The van der Waals surface area contributed by atoms with Crippen molar-refractivity contribution in [2.75, 3.05) is 40.9 Å². The maximum Gasteiger partial charge on any atom is 0.268 e. The first-order valence-electron chi connectivity index (χ1n) is 15.0. The van der Waals surface area contributed by atoms with Crippen LogP contribution in [0.5, 0.6) is 0 Å². The number of likely N-dealkylation sites (N-methyl/N-ethyl adjacent to an activating group) is 1. The highest BCUT2D eigenvalue weighted by Gasteiger charge is 2.14. The van der Waals surface area contributed by atoms with Crippen LogP contribution in [0, 0.1) is 0 Å². The predicted molar refractivity (Wildman–Crippen MR) is 150 cm³/mol. The van der Waals surface area contributed by atoms with Crippen molar-refractivity contribution in [2.45, 2.75) is 135 Å². The Kier molecular flexibility index (Phi) is 22.9. The number of quaternary nitrogens is 1. The maximum absolute atomic E-state index is 12.0. The number of phosphoric ester groups is 1. The number of Topliss-reactive ketones (excluding diaryl/α,β-unsaturated/α-hetero) is 2. The van der Waals surface area contributed by atoms with Gasteiger partial charge in [0.05, 0.1) is 27.7 Å². The van der Waals surface area contributed by atoms with Crippen LogP contribution in [0.2, 0.25) is 0 Å². The summed E-state index contributed by atoms with van der Waals surface area (Å²) >= 11 is 0. The van der Waals surface area contributed by atoms with Crippen molar-refractivity contribution in [1.82, 2.24) is 0 Å². The van der Waals surface area contributed by atoms with Crippen LogP contribution < -0.4 is 4.89 Å². The number of ketones is 2. The summed E-state index contributed by atoms with van der Waals surface area (Å²) in [5.41, 5.74) is 0. The average Bonchev–Trinajstić information content (AvgIpc) is 2.81. The molecule has 8 heteroatoms. The second-order valence-corrected chi connectivity index (χ2v) is 12.9. The molecule has 0 saturated carbocycles. The number of nitrogens with zero attached hydrogens (tertiary/aromatic N) is 1. The second-order valence-electron chi connectivity index (χ2n) is 11.5. The molecule has 0 saturated heterocycles. The smallest absolute Gasteiger partial charge is 0.268 e. The largest absolute Gasteiger partial charge is 0.756 e. The van der Waals surface area contributed by atoms with Gasteiger partial charge in [0.1, 0.15) is 24.7 Å². The third-order valence-electron chi connectivity index (χ3n) is 6.63. The molecule has 1 atom stereocenters. The zero-order valence-corrected chi connectivity index (χ0v) is 25.5. The molecular formula is C29H58NO6P. The first-order chi connectivity index (χ1) is 17.6. The van der Waals surface area contributed by atoms with Crippen molar-refractivity contribution in [3.8, 4) is 0 Å². The van der Waals surface area contributed by atoms with Crippen LogP contribution in [0.15, 0.2) is 0 Å². The van der Waals surface area contributed by atoms with Crippen LogP contribution >= 0.6 is 7.82 Å². The monoisotopic (exact) mass is 547 g/mol. The highest BCUT2D eigenvalue weighted by Crippen LogP contribution is 2.38. The minimum Gasteiger partial charge on any atom is -0.756 e. The number of carbonyl (C=O) groups is 2. The minimum atomic E-state index is -4.39. The van der Waals surface area contributed by atoms with E-state index < -0.39 is 7.82 Å². The van der Waals surface area contributed by atoms with E-state index in [-0.39, 0.29) is 44.0 Å². The Morgan fingerprint density at radius 2 is 0.973 bits per heavy atom. The molecule has 0 fully saturated rings. The first-order valence-corrected chi connectivity index (χ1v) is 16.5. The van der Waals surface area contributed by atoms with Crippen LogP contribution in [-0.2, 0) is 23.2 Å². The highest BCUT2D eigenvalue weighted by molar-refractivity contribution is 7.45. The summed E-state index contributed by atoms with van der Waals surface area (Å²) in [6, 6.07) is 0. The molecule has 1 unspecified atom stereocenters. The highest BCUT2D eigenvalue weighted by atomic mass is 31.2. The van der Waals surface area contributed by atoms with Gasteiger partial charge in [-0.15, -0.1) is 0 Å². The summed E-state index contributed by atoms with van der Waals surface area (Å²) in [7, 11) is 1.40. The van der Waals surface area contributed by atoms with Gasteiger partial charge >= 0.3 is 0 Å². The van der Waals surface area contributed by atoms with E-state index in [9.17, 15) is 19.0 Å². The Balaban J connectivity index is 3.50. The Hall–Kier alpha value is -0.590. The molecule has 0 spiro atoms. The van der Waals surface area contributed by atoms with Crippen molar-refractivity contribution in [2.24, 2.45) is 0 Å². The van der Waals surface area contributed by atoms with Gasteiger partial charge < -0.3 is 18.4 Å². The first kappa shape index (κ1) is 36.4. The fraction of sp³-hybridized carbons (Fsp3) is 0.931. The lowest BCUT2D eigenvalue weighted by atomic mass is 10.0. The molecule has 0 bridgehead atoms. The van der Waals surface area contributed by atoms with Gasteiger partial charge in [-0.25, -0.2) is 0 Å². The number of rotatable bonds is 28. The van der Waals surface area contributed by atoms with E-state index in [0.29, 0.717) is 17.4 Å². The Labute approximate surface area is 228 Å². The lowest BCUT2D eigenvalue weighted by molar-refractivity contribution is -0.870. The molecule has 0 heterocycles. The minimum absolute atomic E-state index is 0.0305. The molecule has 0 aliphatic heterocycles. The van der Waals surface area contributed by atoms with Gasteiger partial charge in [-0.2, -0.15) is 0 Å². The fourth-order valence-electron chi connectivity index (χ4n) is 4.13. The van der Waals surface area contributed by atoms with Gasteiger partial charge in [0, 0.05) is 25.7 Å². The van der Waals surface area contributed by atoms with Crippen LogP contribution in [0.1, 0.15) is 135 Å². The second kappa shape index (κ2) is 23.3. The van der Waals surface area contributed by atoms with E-state index >= 15 is 0 Å². The standard InChI is InChI=1S/C29H58NO6P/c1-5-6-7-8-9-10-11-12-13-14-15-16-17-18-19-20-21-28(31)22-23-29(32)24-26-35-37(33,34)36-27-25-30(2,3)4/h5-27H2,1-4H3. The van der Waals surface area contributed by atoms with E-state index in [1.807, 2.05) is 21.1 Å². The van der Waals surface area contributed by atoms with Crippen LogP contribution in [0.4, 0.5) is 0 Å². The van der Waals surface area contributed by atoms with Crippen molar-refractivity contribution in [3.05, 3.63) is 0 Å². The number of unbranched alkanes of at least 4 members (excludes halogenated alkanes) is 15. The molecule has 0 aromatic rings. The molecule has 37 heavy (non-hydrogen) atoms. The Morgan fingerprint density at radius 1 is 0.595 bits per heavy atom. The van der Waals surface area contributed by atoms with Crippen molar-refractivity contribution < 1.29 is 32.6 Å². The third-order valence-corrected chi connectivity index (χ3v) is 7.63. The molecule has 0 aromatic heterocycles. The third kappa shape index (κ3) is 28.2. The van der Waals surface area contributed by atoms with Crippen molar-refractivity contribution in [3.63, 3.8) is 0 Å². The van der Waals surface area contributed by atoms with Gasteiger partial charge in [0.2, 0.25) is 0 Å². The molecular weight excluding hydrogens is 489 g/mol. The van der Waals surface area contributed by atoms with E-state index in [2.05, 4.69) is 6.92 Å². The fourth-order valence-corrected chi connectivity index (χ4v) is 4.83. The number of hydrogen-bond donors (Lipinski definition) is 0. The summed E-state index contributed by atoms with van der Waals surface area (Å²) in [5.74, 6) is -0.0514. The molecule has 7 nitrogen and oxygen atoms in total. The molecule has 0 N–H and O–H groups in total. The number of phosphoric acid groups is 1. The van der Waals surface area contributed by atoms with E-state index in [1.54, 1.807) is 0 Å². The van der Waals surface area contributed by atoms with Crippen LogP contribution in [0.3, 0.4) is 0 Å². The van der Waals surface area contributed by atoms with Crippen molar-refractivity contribution in [1.29, 1.82) is 0 Å². The number of carbonyl (C=O) groups excluding carboxylic acids is 2. The topological polar surface area (TPSA) is 92.7 Å². The summed E-state index contributed by atoms with van der Waals surface area (Å²) < 4.78 is 21.8. The Morgan fingerprint density at radius 3 is 1.41 bits per heavy atom. The van der Waals surface area contributed by atoms with Crippen LogP contribution in [-0.4, -0.2) is 57.0 Å². The predicted octanol–water partition coefficient (Wildman–Crippen LogP) is 7.15. The van der Waals surface area contributed by atoms with Crippen molar-refractivity contribution >= 4 is 19.4 Å². The lowest BCUT2D eigenvalue weighted by Gasteiger charge is -2.27. The van der Waals surface area contributed by atoms with Gasteiger partial charge in [-0.05, 0) is 6.42 Å². The summed E-state index contributed by atoms with van der Waals surface area (Å²) in [5, 5.41) is 0. The summed E-state index contributed by atoms with van der Waals surface area (Å²) in [6.45, 7) is 2.58. The molecule has 0 radical (unpaired) electrons. The molecule has 0 rings (SSSR count). The zero-order valence-electron chi connectivity index (χ0n) is 24.6. The lowest BCUT2D eigenvalue weighted by Crippen LogP contribution is -2.37.